The average Bonchev–Trinajstić information content (AvgIpc) is 2.29. The van der Waals surface area contributed by atoms with E-state index in [2.05, 4.69) is 0 Å². The van der Waals surface area contributed by atoms with Gasteiger partial charge in [-0.25, -0.2) is 8.78 Å². The van der Waals surface area contributed by atoms with Crippen LogP contribution in [0.1, 0.15) is 19.3 Å². The Bertz CT molecular complexity index is 197. The molecule has 1 aliphatic heterocycles. The number of hydrogen-bond donors (Lipinski definition) is 1. The van der Waals surface area contributed by atoms with Gasteiger partial charge in [0.15, 0.2) is 0 Å². The highest BCUT2D eigenvalue weighted by atomic mass is 19.3. The molecule has 0 aromatic rings. The van der Waals surface area contributed by atoms with Crippen LogP contribution in [0.25, 0.3) is 0 Å². The molecule has 0 radical (unpaired) electrons. The molecule has 1 fully saturated rings. The monoisotopic (exact) mass is 192 g/mol. The lowest BCUT2D eigenvalue weighted by Gasteiger charge is -2.14. The van der Waals surface area contributed by atoms with Crippen LogP contribution in [0.15, 0.2) is 0 Å². The van der Waals surface area contributed by atoms with Gasteiger partial charge in [0.1, 0.15) is 0 Å². The Morgan fingerprint density at radius 1 is 1.54 bits per heavy atom. The Hall–Kier alpha value is -0.710. The molecule has 0 spiro atoms. The van der Waals surface area contributed by atoms with E-state index in [1.54, 1.807) is 4.90 Å². The number of primary amides is 1. The first-order valence-corrected chi connectivity index (χ1v) is 4.38. The van der Waals surface area contributed by atoms with Crippen molar-refractivity contribution in [1.82, 2.24) is 4.90 Å². The third-order valence-electron chi connectivity index (χ3n) is 2.15. The van der Waals surface area contributed by atoms with Crippen molar-refractivity contribution >= 4 is 5.91 Å². The van der Waals surface area contributed by atoms with Crippen LogP contribution in [0.5, 0.6) is 0 Å². The molecule has 0 unspecified atom stereocenters. The molecule has 76 valence electrons. The maximum atomic E-state index is 12.6. The van der Waals surface area contributed by atoms with E-state index in [-0.39, 0.29) is 25.3 Å². The summed E-state index contributed by atoms with van der Waals surface area (Å²) in [6, 6.07) is 0. The van der Waals surface area contributed by atoms with E-state index in [1.165, 1.54) is 0 Å². The number of nitrogens with zero attached hydrogens (tertiary/aromatic N) is 1. The van der Waals surface area contributed by atoms with Gasteiger partial charge >= 0.3 is 0 Å². The highest BCUT2D eigenvalue weighted by Gasteiger charge is 2.37. The third-order valence-corrected chi connectivity index (χ3v) is 2.15. The summed E-state index contributed by atoms with van der Waals surface area (Å²) in [5.74, 6) is -2.90. The Kier molecular flexibility index (Phi) is 3.19. The van der Waals surface area contributed by atoms with E-state index in [9.17, 15) is 13.6 Å². The third kappa shape index (κ3) is 3.67. The number of likely N-dealkylation sites (tertiary alicyclic amines) is 1. The molecule has 1 heterocycles. The second kappa shape index (κ2) is 4.00. The molecule has 0 saturated carbocycles. The van der Waals surface area contributed by atoms with Gasteiger partial charge in [0.05, 0.1) is 6.54 Å². The molecular weight excluding hydrogens is 178 g/mol. The lowest BCUT2D eigenvalue weighted by atomic mass is 10.3. The molecule has 3 nitrogen and oxygen atoms in total. The zero-order chi connectivity index (χ0) is 9.90. The number of carbonyl (C=O) groups excluding carboxylic acids is 1. The summed E-state index contributed by atoms with van der Waals surface area (Å²) in [4.78, 5) is 12.0. The van der Waals surface area contributed by atoms with Crippen LogP contribution in [0.2, 0.25) is 0 Å². The number of rotatable bonds is 4. The highest BCUT2D eigenvalue weighted by Crippen LogP contribution is 2.26. The van der Waals surface area contributed by atoms with Gasteiger partial charge in [0.25, 0.3) is 5.92 Å². The summed E-state index contributed by atoms with van der Waals surface area (Å²) in [5.41, 5.74) is 4.92. The normalized spacial score (nSPS) is 22.0. The molecule has 0 aliphatic carbocycles. The first-order valence-electron chi connectivity index (χ1n) is 4.38. The molecule has 0 aromatic heterocycles. The van der Waals surface area contributed by atoms with Crippen LogP contribution >= 0.6 is 0 Å². The van der Waals surface area contributed by atoms with Crippen molar-refractivity contribution in [3.05, 3.63) is 0 Å². The van der Waals surface area contributed by atoms with Gasteiger partial charge in [-0.15, -0.1) is 0 Å². The van der Waals surface area contributed by atoms with Crippen LogP contribution in [0, 0.1) is 0 Å². The lowest BCUT2D eigenvalue weighted by molar-refractivity contribution is -0.118. The van der Waals surface area contributed by atoms with Gasteiger partial charge in [-0.3, -0.25) is 9.69 Å². The minimum atomic E-state index is -2.53. The number of amides is 1. The summed E-state index contributed by atoms with van der Waals surface area (Å²) in [5, 5.41) is 0. The largest absolute Gasteiger partial charge is 0.370 e. The van der Waals surface area contributed by atoms with Crippen molar-refractivity contribution in [1.29, 1.82) is 0 Å². The molecule has 13 heavy (non-hydrogen) atoms. The molecule has 1 rings (SSSR count). The summed E-state index contributed by atoms with van der Waals surface area (Å²) in [6.07, 6.45) is 0.789. The molecule has 0 atom stereocenters. The second-order valence-corrected chi connectivity index (χ2v) is 3.45. The van der Waals surface area contributed by atoms with Gasteiger partial charge in [0.2, 0.25) is 5.91 Å². The molecular formula is C8H14F2N2O. The minimum absolute atomic E-state index is 0.0659. The SMILES string of the molecule is NC(=O)CCCN1CCC(F)(F)C1. The van der Waals surface area contributed by atoms with Crippen molar-refractivity contribution in [2.24, 2.45) is 5.73 Å². The smallest absolute Gasteiger partial charge is 0.261 e. The number of carbonyl (C=O) groups is 1. The zero-order valence-electron chi connectivity index (χ0n) is 7.43. The summed E-state index contributed by atoms with van der Waals surface area (Å²) in [7, 11) is 0. The van der Waals surface area contributed by atoms with E-state index in [1.807, 2.05) is 0 Å². The maximum Gasteiger partial charge on any atom is 0.261 e. The molecule has 0 aromatic carbocycles. The standard InChI is InChI=1S/C8H14F2N2O/c9-8(10)3-5-12(6-8)4-1-2-7(11)13/h1-6H2,(H2,11,13). The maximum absolute atomic E-state index is 12.6. The molecule has 5 heteroatoms. The van der Waals surface area contributed by atoms with Crippen LogP contribution in [0.3, 0.4) is 0 Å². The van der Waals surface area contributed by atoms with Gasteiger partial charge < -0.3 is 5.73 Å². The van der Waals surface area contributed by atoms with Gasteiger partial charge in [-0.1, -0.05) is 0 Å². The average molecular weight is 192 g/mol. The van der Waals surface area contributed by atoms with E-state index < -0.39 is 5.92 Å². The fraction of sp³-hybridized carbons (Fsp3) is 0.875. The van der Waals surface area contributed by atoms with Crippen LogP contribution in [-0.4, -0.2) is 36.4 Å². The van der Waals surface area contributed by atoms with Gasteiger partial charge in [-0.2, -0.15) is 0 Å². The predicted octanol–water partition coefficient (Wildman–Crippen LogP) is 0.593. The van der Waals surface area contributed by atoms with Gasteiger partial charge in [-0.05, 0) is 13.0 Å². The molecule has 1 aliphatic rings. The van der Waals surface area contributed by atoms with Gasteiger partial charge in [0, 0.05) is 19.4 Å². The Morgan fingerprint density at radius 3 is 2.69 bits per heavy atom. The fourth-order valence-corrected chi connectivity index (χ4v) is 1.47. The quantitative estimate of drug-likeness (QED) is 0.708. The van der Waals surface area contributed by atoms with Crippen molar-refractivity contribution in [3.8, 4) is 0 Å². The van der Waals surface area contributed by atoms with Crippen molar-refractivity contribution in [3.63, 3.8) is 0 Å². The van der Waals surface area contributed by atoms with E-state index in [0.29, 0.717) is 19.5 Å². The number of hydrogen-bond acceptors (Lipinski definition) is 2. The first-order chi connectivity index (χ1) is 5.99. The van der Waals surface area contributed by atoms with Crippen LogP contribution < -0.4 is 5.73 Å². The van der Waals surface area contributed by atoms with E-state index in [0.717, 1.165) is 0 Å². The summed E-state index contributed by atoms with van der Waals surface area (Å²) < 4.78 is 25.3. The van der Waals surface area contributed by atoms with E-state index in [4.69, 9.17) is 5.73 Å². The first kappa shape index (κ1) is 10.4. The topological polar surface area (TPSA) is 46.3 Å². The van der Waals surface area contributed by atoms with Crippen molar-refractivity contribution in [2.75, 3.05) is 19.6 Å². The number of halogens is 2. The minimum Gasteiger partial charge on any atom is -0.370 e. The van der Waals surface area contributed by atoms with Crippen molar-refractivity contribution < 1.29 is 13.6 Å². The second-order valence-electron chi connectivity index (χ2n) is 3.45. The van der Waals surface area contributed by atoms with Crippen LogP contribution in [-0.2, 0) is 4.79 Å². The fourth-order valence-electron chi connectivity index (χ4n) is 1.47. The zero-order valence-corrected chi connectivity index (χ0v) is 7.43. The molecule has 2 N–H and O–H groups in total. The van der Waals surface area contributed by atoms with E-state index >= 15 is 0 Å². The number of alkyl halides is 2. The Balaban J connectivity index is 2.14. The predicted molar refractivity (Wildman–Crippen MR) is 44.4 cm³/mol. The lowest BCUT2D eigenvalue weighted by Crippen LogP contribution is -2.27. The number of nitrogens with two attached hydrogens (primary N) is 1. The summed E-state index contributed by atoms with van der Waals surface area (Å²) in [6.45, 7) is 0.788. The molecule has 0 bridgehead atoms. The van der Waals surface area contributed by atoms with Crippen LogP contribution in [0.4, 0.5) is 8.78 Å². The summed E-state index contributed by atoms with van der Waals surface area (Å²) >= 11 is 0. The highest BCUT2D eigenvalue weighted by molar-refractivity contribution is 5.73. The van der Waals surface area contributed by atoms with Crippen molar-refractivity contribution in [2.45, 2.75) is 25.2 Å². The Morgan fingerprint density at radius 2 is 2.23 bits per heavy atom. The Labute approximate surface area is 75.9 Å². The molecule has 1 saturated heterocycles. The molecule has 1 amide bonds.